The van der Waals surface area contributed by atoms with Gasteiger partial charge in [0.1, 0.15) is 0 Å². The Morgan fingerprint density at radius 3 is 1.78 bits per heavy atom. The Balaban J connectivity index is 1.03. The number of rotatable bonds is 6. The predicted octanol–water partition coefficient (Wildman–Crippen LogP) is 15.2. The third-order valence-corrected chi connectivity index (χ3v) is 13.1. The van der Waals surface area contributed by atoms with Gasteiger partial charge >= 0.3 is 0 Å². The van der Waals surface area contributed by atoms with E-state index in [4.69, 9.17) is 0 Å². The lowest BCUT2D eigenvalue weighted by molar-refractivity contribution is 0.548. The normalized spacial score (nSPS) is 13.4. The SMILES string of the molecule is CC1(C)CC=c2c3cccc4cc(N(c5ccc(-c6ccccc6)cc5)c5ccc(-c6ccc7c(c6)c6ccccc6n7-c6ccccc6)cc5)cc(c5cccc1c25)c43. The second-order valence-corrected chi connectivity index (χ2v) is 17.0. The highest BCUT2D eigenvalue weighted by atomic mass is 15.1. The van der Waals surface area contributed by atoms with E-state index in [1.165, 1.54) is 92.8 Å². The van der Waals surface area contributed by atoms with Crippen LogP contribution in [0.1, 0.15) is 25.8 Å². The van der Waals surface area contributed by atoms with E-state index in [0.717, 1.165) is 23.5 Å². The summed E-state index contributed by atoms with van der Waals surface area (Å²) >= 11 is 0. The van der Waals surface area contributed by atoms with Crippen molar-refractivity contribution in [3.63, 3.8) is 0 Å². The van der Waals surface area contributed by atoms with Gasteiger partial charge in [-0.2, -0.15) is 0 Å². The van der Waals surface area contributed by atoms with Gasteiger partial charge in [0.05, 0.1) is 11.0 Å². The zero-order valence-electron chi connectivity index (χ0n) is 33.7. The zero-order chi connectivity index (χ0) is 40.0. The monoisotopic (exact) mass is 766 g/mol. The molecule has 0 amide bonds. The van der Waals surface area contributed by atoms with E-state index < -0.39 is 0 Å². The fourth-order valence-corrected chi connectivity index (χ4v) is 10.1. The lowest BCUT2D eigenvalue weighted by Gasteiger charge is -2.31. The van der Waals surface area contributed by atoms with Crippen molar-refractivity contribution in [2.45, 2.75) is 25.7 Å². The molecular weight excluding hydrogens is 725 g/mol. The van der Waals surface area contributed by atoms with Crippen LogP contribution in [0.25, 0.3) is 88.1 Å². The molecule has 2 nitrogen and oxygen atoms in total. The highest BCUT2D eigenvalue weighted by Gasteiger charge is 2.27. The summed E-state index contributed by atoms with van der Waals surface area (Å²) in [5, 5.41) is 11.9. The van der Waals surface area contributed by atoms with E-state index in [1.807, 2.05) is 0 Å². The van der Waals surface area contributed by atoms with Crippen LogP contribution in [-0.4, -0.2) is 4.57 Å². The molecule has 0 spiro atoms. The Morgan fingerprint density at radius 1 is 0.417 bits per heavy atom. The molecule has 0 fully saturated rings. The van der Waals surface area contributed by atoms with Crippen LogP contribution in [-0.2, 0) is 5.41 Å². The van der Waals surface area contributed by atoms with E-state index in [1.54, 1.807) is 0 Å². The third-order valence-electron chi connectivity index (χ3n) is 13.1. The molecule has 0 unspecified atom stereocenters. The Bertz CT molecular complexity index is 3500. The van der Waals surface area contributed by atoms with E-state index in [0.29, 0.717) is 0 Å². The number of para-hydroxylation sites is 2. The first-order valence-electron chi connectivity index (χ1n) is 21.1. The summed E-state index contributed by atoms with van der Waals surface area (Å²) in [5.74, 6) is 0. The number of anilines is 3. The minimum atomic E-state index is 0.0790. The van der Waals surface area contributed by atoms with E-state index in [9.17, 15) is 0 Å². The van der Waals surface area contributed by atoms with E-state index in [-0.39, 0.29) is 5.41 Å². The molecule has 2 heteroatoms. The van der Waals surface area contributed by atoms with Gasteiger partial charge in [-0.1, -0.05) is 153 Å². The van der Waals surface area contributed by atoms with Gasteiger partial charge in [-0.25, -0.2) is 0 Å². The topological polar surface area (TPSA) is 8.17 Å². The van der Waals surface area contributed by atoms with Crippen LogP contribution >= 0.6 is 0 Å². The first-order chi connectivity index (χ1) is 29.5. The molecule has 1 aromatic heterocycles. The zero-order valence-corrected chi connectivity index (χ0v) is 33.7. The van der Waals surface area contributed by atoms with Crippen LogP contribution in [0.2, 0.25) is 0 Å². The van der Waals surface area contributed by atoms with Crippen LogP contribution < -0.4 is 10.1 Å². The molecule has 0 radical (unpaired) electrons. The van der Waals surface area contributed by atoms with E-state index >= 15 is 0 Å². The molecule has 0 saturated carbocycles. The number of benzene rings is 10. The maximum atomic E-state index is 2.48. The number of hydrogen-bond donors (Lipinski definition) is 0. The number of fused-ring (bicyclic) bond motifs is 5. The maximum absolute atomic E-state index is 2.48. The molecular formula is C58H42N2. The van der Waals surface area contributed by atoms with Gasteiger partial charge in [-0.15, -0.1) is 0 Å². The maximum Gasteiger partial charge on any atom is 0.0541 e. The van der Waals surface area contributed by atoms with Crippen LogP contribution in [0.15, 0.2) is 200 Å². The largest absolute Gasteiger partial charge is 0.310 e. The minimum Gasteiger partial charge on any atom is -0.310 e. The lowest BCUT2D eigenvalue weighted by Crippen LogP contribution is -2.25. The van der Waals surface area contributed by atoms with Crippen LogP contribution in [0.3, 0.4) is 0 Å². The highest BCUT2D eigenvalue weighted by Crippen LogP contribution is 2.44. The van der Waals surface area contributed by atoms with Crippen LogP contribution in [0, 0.1) is 0 Å². The molecule has 12 rings (SSSR count). The van der Waals surface area contributed by atoms with Gasteiger partial charge in [0.25, 0.3) is 0 Å². The second kappa shape index (κ2) is 13.3. The Labute approximate surface area is 349 Å². The molecule has 0 N–H and O–H groups in total. The molecule has 1 heterocycles. The van der Waals surface area contributed by atoms with Crippen molar-refractivity contribution in [1.29, 1.82) is 0 Å². The molecule has 10 aromatic carbocycles. The summed E-state index contributed by atoms with van der Waals surface area (Å²) in [6.07, 6.45) is 3.52. The molecule has 0 atom stereocenters. The Morgan fingerprint density at radius 2 is 1.02 bits per heavy atom. The van der Waals surface area contributed by atoms with Gasteiger partial charge in [0.15, 0.2) is 0 Å². The summed E-state index contributed by atoms with van der Waals surface area (Å²) in [6, 6.07) is 73.8. The Hall–Kier alpha value is -7.42. The molecule has 60 heavy (non-hydrogen) atoms. The van der Waals surface area contributed by atoms with Gasteiger partial charge in [0.2, 0.25) is 0 Å². The molecule has 0 bridgehead atoms. The van der Waals surface area contributed by atoms with Gasteiger partial charge in [0, 0.05) is 33.5 Å². The van der Waals surface area contributed by atoms with Crippen molar-refractivity contribution >= 4 is 77.3 Å². The fourth-order valence-electron chi connectivity index (χ4n) is 10.1. The quantitative estimate of drug-likeness (QED) is 0.121. The first kappa shape index (κ1) is 34.6. The van der Waals surface area contributed by atoms with Crippen LogP contribution in [0.5, 0.6) is 0 Å². The van der Waals surface area contributed by atoms with Crippen molar-refractivity contribution in [3.05, 3.63) is 211 Å². The smallest absolute Gasteiger partial charge is 0.0541 e. The first-order valence-corrected chi connectivity index (χ1v) is 21.1. The summed E-state index contributed by atoms with van der Waals surface area (Å²) in [7, 11) is 0. The van der Waals surface area contributed by atoms with Crippen molar-refractivity contribution in [2.75, 3.05) is 4.90 Å². The molecule has 284 valence electrons. The van der Waals surface area contributed by atoms with Gasteiger partial charge < -0.3 is 9.47 Å². The minimum absolute atomic E-state index is 0.0790. The molecule has 0 aliphatic heterocycles. The summed E-state index contributed by atoms with van der Waals surface area (Å²) in [6.45, 7) is 4.77. The number of nitrogens with zero attached hydrogens (tertiary/aromatic N) is 2. The lowest BCUT2D eigenvalue weighted by atomic mass is 9.74. The van der Waals surface area contributed by atoms with Gasteiger partial charge in [-0.05, 0) is 144 Å². The molecule has 1 aliphatic carbocycles. The van der Waals surface area contributed by atoms with E-state index in [2.05, 4.69) is 230 Å². The molecule has 11 aromatic rings. The summed E-state index contributed by atoms with van der Waals surface area (Å²) in [4.78, 5) is 2.43. The average Bonchev–Trinajstić information content (AvgIpc) is 3.63. The number of aromatic nitrogens is 1. The molecule has 1 aliphatic rings. The summed E-state index contributed by atoms with van der Waals surface area (Å²) < 4.78 is 2.38. The highest BCUT2D eigenvalue weighted by molar-refractivity contribution is 6.23. The third kappa shape index (κ3) is 5.34. The van der Waals surface area contributed by atoms with Gasteiger partial charge in [-0.3, -0.25) is 0 Å². The standard InChI is InChI=1S/C58H42N2/c1-58(2)34-33-50-48-19-11-15-42-35-46(37-52(56(42)48)49-20-12-21-53(58)57(49)50)59(44-28-23-39(24-29-44)38-13-5-3-6-14-38)45-30-25-40(26-31-45)41-27-32-55-51(36-41)47-18-9-10-22-54(47)60(55)43-16-7-4-8-17-43/h3-33,35-37H,34H2,1-2H3. The van der Waals surface area contributed by atoms with Crippen molar-refractivity contribution < 1.29 is 0 Å². The van der Waals surface area contributed by atoms with Crippen molar-refractivity contribution in [1.82, 2.24) is 4.57 Å². The fraction of sp³-hybridized carbons (Fsp3) is 0.0690. The predicted molar refractivity (Wildman–Crippen MR) is 256 cm³/mol. The second-order valence-electron chi connectivity index (χ2n) is 17.0. The molecule has 0 saturated heterocycles. The average molecular weight is 767 g/mol. The Kier molecular flexibility index (Phi) is 7.68. The van der Waals surface area contributed by atoms with Crippen molar-refractivity contribution in [3.8, 4) is 27.9 Å². The van der Waals surface area contributed by atoms with Crippen LogP contribution in [0.4, 0.5) is 17.1 Å². The van der Waals surface area contributed by atoms with Crippen molar-refractivity contribution in [2.24, 2.45) is 0 Å². The number of hydrogen-bond acceptors (Lipinski definition) is 1. The summed E-state index contributed by atoms with van der Waals surface area (Å²) in [5.41, 5.74) is 13.3.